The first kappa shape index (κ1) is 11.4. The smallest absolute Gasteiger partial charge is 0.0753 e. The van der Waals surface area contributed by atoms with Gasteiger partial charge in [0.05, 0.1) is 12.2 Å². The summed E-state index contributed by atoms with van der Waals surface area (Å²) >= 11 is 0. The quantitative estimate of drug-likeness (QED) is 0.751. The largest absolute Gasteiger partial charge is 0.373 e. The fourth-order valence-electron chi connectivity index (χ4n) is 2.93. The van der Waals surface area contributed by atoms with Crippen LogP contribution in [-0.4, -0.2) is 42.3 Å². The number of rotatable bonds is 2. The molecule has 1 saturated heterocycles. The molecule has 1 aliphatic carbocycles. The third-order valence-corrected chi connectivity index (χ3v) is 3.64. The maximum absolute atomic E-state index is 6.40. The van der Waals surface area contributed by atoms with Crippen LogP contribution in [0.4, 0.5) is 0 Å². The third-order valence-electron chi connectivity index (χ3n) is 3.64. The van der Waals surface area contributed by atoms with Gasteiger partial charge in [-0.05, 0) is 26.7 Å². The highest BCUT2D eigenvalue weighted by Gasteiger charge is 2.35. The minimum Gasteiger partial charge on any atom is -0.373 e. The summed E-state index contributed by atoms with van der Waals surface area (Å²) in [6.45, 7) is 8.30. The van der Waals surface area contributed by atoms with Crippen molar-refractivity contribution in [1.29, 1.82) is 0 Å². The number of hydrogen-bond donors (Lipinski definition) is 1. The zero-order valence-corrected chi connectivity index (χ0v) is 10.1. The predicted molar refractivity (Wildman–Crippen MR) is 61.9 cm³/mol. The van der Waals surface area contributed by atoms with E-state index in [9.17, 15) is 0 Å². The molecule has 0 radical (unpaired) electrons. The van der Waals surface area contributed by atoms with Crippen LogP contribution in [0.3, 0.4) is 0 Å². The van der Waals surface area contributed by atoms with Crippen molar-refractivity contribution < 1.29 is 4.74 Å². The Morgan fingerprint density at radius 2 is 1.93 bits per heavy atom. The second-order valence-electron chi connectivity index (χ2n) is 5.89. The van der Waals surface area contributed by atoms with Crippen molar-refractivity contribution in [2.45, 2.75) is 50.7 Å². The maximum Gasteiger partial charge on any atom is 0.0753 e. The lowest BCUT2D eigenvalue weighted by Gasteiger charge is -2.41. The normalized spacial score (nSPS) is 30.6. The Hall–Kier alpha value is -0.120. The van der Waals surface area contributed by atoms with E-state index in [1.165, 1.54) is 25.7 Å². The first-order valence-electron chi connectivity index (χ1n) is 6.14. The van der Waals surface area contributed by atoms with Gasteiger partial charge >= 0.3 is 0 Å². The summed E-state index contributed by atoms with van der Waals surface area (Å²) in [5.74, 6) is 0. The molecule has 0 spiro atoms. The van der Waals surface area contributed by atoms with Crippen LogP contribution in [0.15, 0.2) is 0 Å². The topological polar surface area (TPSA) is 38.5 Å². The van der Waals surface area contributed by atoms with Crippen LogP contribution in [0.5, 0.6) is 0 Å². The van der Waals surface area contributed by atoms with Crippen LogP contribution < -0.4 is 5.73 Å². The Morgan fingerprint density at radius 1 is 1.27 bits per heavy atom. The summed E-state index contributed by atoms with van der Waals surface area (Å²) in [6.07, 6.45) is 5.02. The van der Waals surface area contributed by atoms with Gasteiger partial charge in [-0.15, -0.1) is 0 Å². The van der Waals surface area contributed by atoms with Crippen molar-refractivity contribution in [3.63, 3.8) is 0 Å². The van der Waals surface area contributed by atoms with E-state index < -0.39 is 0 Å². The number of ether oxygens (including phenoxy) is 1. The lowest BCUT2D eigenvalue weighted by atomic mass is 9.97. The molecule has 2 aliphatic rings. The zero-order valence-electron chi connectivity index (χ0n) is 10.1. The van der Waals surface area contributed by atoms with Crippen molar-refractivity contribution in [3.8, 4) is 0 Å². The van der Waals surface area contributed by atoms with E-state index in [-0.39, 0.29) is 11.1 Å². The highest BCUT2D eigenvalue weighted by Crippen LogP contribution is 2.29. The summed E-state index contributed by atoms with van der Waals surface area (Å²) in [6, 6.07) is 0. The van der Waals surface area contributed by atoms with Crippen molar-refractivity contribution >= 4 is 0 Å². The molecule has 3 heteroatoms. The molecule has 1 saturated carbocycles. The molecule has 2 N–H and O–H groups in total. The third kappa shape index (κ3) is 2.92. The van der Waals surface area contributed by atoms with Crippen LogP contribution in [0.25, 0.3) is 0 Å². The first-order valence-corrected chi connectivity index (χ1v) is 6.14. The van der Waals surface area contributed by atoms with Crippen molar-refractivity contribution in [1.82, 2.24) is 4.90 Å². The second kappa shape index (κ2) is 4.04. The van der Waals surface area contributed by atoms with Gasteiger partial charge in [0.25, 0.3) is 0 Å². The Bertz CT molecular complexity index is 222. The Kier molecular flexibility index (Phi) is 3.06. The number of nitrogens with two attached hydrogens (primary N) is 1. The summed E-state index contributed by atoms with van der Waals surface area (Å²) in [5.41, 5.74) is 6.49. The van der Waals surface area contributed by atoms with Gasteiger partial charge in [-0.25, -0.2) is 0 Å². The van der Waals surface area contributed by atoms with E-state index in [4.69, 9.17) is 10.5 Å². The van der Waals surface area contributed by atoms with Gasteiger partial charge in [-0.2, -0.15) is 0 Å². The second-order valence-corrected chi connectivity index (χ2v) is 5.89. The Morgan fingerprint density at radius 3 is 2.53 bits per heavy atom. The van der Waals surface area contributed by atoms with Gasteiger partial charge in [0, 0.05) is 25.2 Å². The SMILES string of the molecule is CC1(C)CN(CC2(N)CCCC2)CCO1. The van der Waals surface area contributed by atoms with Gasteiger partial charge < -0.3 is 10.5 Å². The Balaban J connectivity index is 1.88. The van der Waals surface area contributed by atoms with Gasteiger partial charge in [0.15, 0.2) is 0 Å². The van der Waals surface area contributed by atoms with E-state index in [2.05, 4.69) is 18.7 Å². The average Bonchev–Trinajstić information content (AvgIpc) is 2.49. The van der Waals surface area contributed by atoms with E-state index >= 15 is 0 Å². The fourth-order valence-corrected chi connectivity index (χ4v) is 2.93. The van der Waals surface area contributed by atoms with Crippen molar-refractivity contribution in [3.05, 3.63) is 0 Å². The van der Waals surface area contributed by atoms with Gasteiger partial charge in [-0.1, -0.05) is 12.8 Å². The van der Waals surface area contributed by atoms with Crippen LogP contribution in [0.2, 0.25) is 0 Å². The summed E-state index contributed by atoms with van der Waals surface area (Å²) in [5, 5.41) is 0. The number of hydrogen-bond acceptors (Lipinski definition) is 3. The lowest BCUT2D eigenvalue weighted by molar-refractivity contribution is -0.0898. The Labute approximate surface area is 93.0 Å². The zero-order chi connectivity index (χ0) is 10.9. The first-order chi connectivity index (χ1) is 6.99. The molecule has 0 aromatic carbocycles. The molecule has 2 fully saturated rings. The molecular formula is C12H24N2O. The molecule has 0 bridgehead atoms. The molecule has 15 heavy (non-hydrogen) atoms. The molecular weight excluding hydrogens is 188 g/mol. The van der Waals surface area contributed by atoms with E-state index in [1.807, 2.05) is 0 Å². The van der Waals surface area contributed by atoms with Gasteiger partial charge in [0.2, 0.25) is 0 Å². The van der Waals surface area contributed by atoms with Crippen molar-refractivity contribution in [2.75, 3.05) is 26.2 Å². The predicted octanol–water partition coefficient (Wildman–Crippen LogP) is 1.37. The minimum absolute atomic E-state index is 0.00716. The van der Waals surface area contributed by atoms with E-state index in [1.54, 1.807) is 0 Å². The van der Waals surface area contributed by atoms with Crippen molar-refractivity contribution in [2.24, 2.45) is 5.73 Å². The molecule has 2 rings (SSSR count). The van der Waals surface area contributed by atoms with Crippen LogP contribution in [-0.2, 0) is 4.74 Å². The summed E-state index contributed by atoms with van der Waals surface area (Å²) < 4.78 is 5.71. The summed E-state index contributed by atoms with van der Waals surface area (Å²) in [4.78, 5) is 2.48. The number of morpholine rings is 1. The fraction of sp³-hybridized carbons (Fsp3) is 1.00. The minimum atomic E-state index is 0.00716. The monoisotopic (exact) mass is 212 g/mol. The molecule has 88 valence electrons. The molecule has 0 aromatic rings. The number of nitrogens with zero attached hydrogens (tertiary/aromatic N) is 1. The van der Waals surface area contributed by atoms with E-state index in [0.717, 1.165) is 26.2 Å². The highest BCUT2D eigenvalue weighted by atomic mass is 16.5. The average molecular weight is 212 g/mol. The molecule has 3 nitrogen and oxygen atoms in total. The molecule has 0 aromatic heterocycles. The van der Waals surface area contributed by atoms with E-state index in [0.29, 0.717) is 0 Å². The molecule has 0 atom stereocenters. The molecule has 0 unspecified atom stereocenters. The highest BCUT2D eigenvalue weighted by molar-refractivity contribution is 4.93. The maximum atomic E-state index is 6.40. The van der Waals surface area contributed by atoms with Gasteiger partial charge in [-0.3, -0.25) is 4.90 Å². The summed E-state index contributed by atoms with van der Waals surface area (Å²) in [7, 11) is 0. The molecule has 1 aliphatic heterocycles. The van der Waals surface area contributed by atoms with Crippen LogP contribution >= 0.6 is 0 Å². The van der Waals surface area contributed by atoms with Crippen LogP contribution in [0.1, 0.15) is 39.5 Å². The standard InChI is InChI=1S/C12H24N2O/c1-11(2)9-14(7-8-15-11)10-12(13)5-3-4-6-12/h3-10,13H2,1-2H3. The molecule has 0 amide bonds. The lowest BCUT2D eigenvalue weighted by Crippen LogP contribution is -2.55. The van der Waals surface area contributed by atoms with Crippen LogP contribution in [0, 0.1) is 0 Å². The molecule has 1 heterocycles. The van der Waals surface area contributed by atoms with Gasteiger partial charge in [0.1, 0.15) is 0 Å².